The monoisotopic (exact) mass is 920 g/mol. The molecule has 0 amide bonds. The Hall–Kier alpha value is 0.674. The van der Waals surface area contributed by atoms with Gasteiger partial charge < -0.3 is 24.8 Å². The molecule has 0 fully saturated rings. The van der Waals surface area contributed by atoms with E-state index in [9.17, 15) is 0 Å². The molecule has 0 nitrogen and oxygen atoms in total. The zero-order valence-electron chi connectivity index (χ0n) is 25.2. The van der Waals surface area contributed by atoms with E-state index < -0.39 is 0 Å². The molecule has 4 aliphatic carbocycles. The van der Waals surface area contributed by atoms with Crippen LogP contribution in [0.15, 0.2) is 70.9 Å². The fourth-order valence-corrected chi connectivity index (χ4v) is 3.73. The van der Waals surface area contributed by atoms with Crippen LogP contribution >= 0.6 is 0 Å². The Bertz CT molecular complexity index is 599. The van der Waals surface area contributed by atoms with Crippen molar-refractivity contribution in [3.8, 4) is 0 Å². The van der Waals surface area contributed by atoms with Crippen molar-refractivity contribution in [1.29, 1.82) is 0 Å². The van der Waals surface area contributed by atoms with Gasteiger partial charge in [-0.15, -0.1) is 53.4 Å². The van der Waals surface area contributed by atoms with Crippen molar-refractivity contribution in [1.82, 2.24) is 0 Å². The molecule has 0 aliphatic heterocycles. The standard InChI is InChI=1S/4C6H7.2C4H11Si.2ClH.2Hf/c4*1-6-4-2-3-5-6;2*1-3-5-4-2;;;;/h4*4-5H,2H2,1H3;2*5H,3-4H2,1-2H3;2*1H;;/q4*-1;;;;;;/p-2. The van der Waals surface area contributed by atoms with Crippen molar-refractivity contribution in [2.24, 2.45) is 0 Å². The zero-order chi connectivity index (χ0) is 25.9. The normalized spacial score (nSPS) is 13.9. The molecule has 214 valence electrons. The number of halogens is 2. The van der Waals surface area contributed by atoms with Crippen LogP contribution in [0, 0.1) is 24.3 Å². The molecule has 0 spiro atoms. The second-order valence-electron chi connectivity index (χ2n) is 8.21. The van der Waals surface area contributed by atoms with Gasteiger partial charge in [0.05, 0.1) is 0 Å². The number of allylic oxidation sites excluding steroid dienone is 16. The van der Waals surface area contributed by atoms with Crippen molar-refractivity contribution in [3.63, 3.8) is 0 Å². The average Bonchev–Trinajstić information content (AvgIpc) is 3.63. The van der Waals surface area contributed by atoms with Gasteiger partial charge in [-0.25, -0.2) is 46.6 Å². The summed E-state index contributed by atoms with van der Waals surface area (Å²) in [5.74, 6) is 0. The first-order chi connectivity index (χ1) is 16.4. The topological polar surface area (TPSA) is 0 Å². The van der Waals surface area contributed by atoms with Gasteiger partial charge in [-0.2, -0.15) is 24.3 Å². The number of rotatable bonds is 4. The van der Waals surface area contributed by atoms with E-state index in [1.54, 1.807) is 0 Å². The molecule has 0 unspecified atom stereocenters. The summed E-state index contributed by atoms with van der Waals surface area (Å²) in [6, 6.07) is 5.71. The predicted octanol–water partition coefficient (Wildman–Crippen LogP) is 3.38. The Morgan fingerprint density at radius 1 is 0.474 bits per heavy atom. The first-order valence-electron chi connectivity index (χ1n) is 13.0. The van der Waals surface area contributed by atoms with Crippen molar-refractivity contribution in [2.45, 2.75) is 105 Å². The third kappa shape index (κ3) is 43.7. The van der Waals surface area contributed by atoms with Crippen LogP contribution in [0.1, 0.15) is 81.1 Å². The fourth-order valence-electron chi connectivity index (χ4n) is 2.57. The van der Waals surface area contributed by atoms with Crippen molar-refractivity contribution >= 4 is 19.0 Å². The Kier molecular flexibility index (Phi) is 57.0. The van der Waals surface area contributed by atoms with E-state index in [0.29, 0.717) is 0 Å². The Morgan fingerprint density at radius 3 is 0.684 bits per heavy atom. The van der Waals surface area contributed by atoms with Crippen LogP contribution in [0.25, 0.3) is 0 Å². The van der Waals surface area contributed by atoms with Gasteiger partial charge in [0.25, 0.3) is 0 Å². The summed E-state index contributed by atoms with van der Waals surface area (Å²) in [6.07, 6.45) is 33.0. The smallest absolute Gasteiger partial charge is 0.0274 e. The van der Waals surface area contributed by atoms with Gasteiger partial charge in [0, 0.05) is 70.7 Å². The van der Waals surface area contributed by atoms with Crippen LogP contribution in [-0.2, 0) is 51.7 Å². The molecule has 0 saturated heterocycles. The molecule has 2 radical (unpaired) electrons. The third-order valence-electron chi connectivity index (χ3n) is 4.64. The number of hydrogen-bond donors (Lipinski definition) is 0. The molecule has 0 aromatic carbocycles. The van der Waals surface area contributed by atoms with E-state index in [1.165, 1.54) is 46.5 Å². The quantitative estimate of drug-likeness (QED) is 0.300. The maximum Gasteiger partial charge on any atom is 0.0274 e. The molecule has 0 saturated carbocycles. The molecule has 0 aromatic heterocycles. The minimum absolute atomic E-state index is 0. The van der Waals surface area contributed by atoms with Gasteiger partial charge in [0.15, 0.2) is 0 Å². The molecular formula is C32H50Cl2Hf2Si2-6. The first kappa shape index (κ1) is 51.4. The average molecular weight is 919 g/mol. The van der Waals surface area contributed by atoms with Gasteiger partial charge in [-0.3, -0.25) is 24.3 Å². The summed E-state index contributed by atoms with van der Waals surface area (Å²) < 4.78 is 0. The van der Waals surface area contributed by atoms with E-state index in [4.69, 9.17) is 0 Å². The maximum absolute atomic E-state index is 3.05. The molecule has 0 N–H and O–H groups in total. The second kappa shape index (κ2) is 42.1. The zero-order valence-corrected chi connectivity index (χ0v) is 36.2. The SMILES string of the molecule is CC1=CC[C-]=C1.CC1=CC[C-]=C1.CC1=CC[C-]=C1.CC1=CC[C-]=C1.CC[SiH]CC.CC[SiH]CC.[Cl-].[Cl-].[Hf].[Hf]. The summed E-state index contributed by atoms with van der Waals surface area (Å²) in [4.78, 5) is 0. The molecule has 0 atom stereocenters. The van der Waals surface area contributed by atoms with Crippen LogP contribution in [0.5, 0.6) is 0 Å². The molecule has 0 heterocycles. The summed E-state index contributed by atoms with van der Waals surface area (Å²) in [7, 11) is 1.63. The van der Waals surface area contributed by atoms with Gasteiger partial charge in [-0.1, -0.05) is 51.9 Å². The molecule has 0 bridgehead atoms. The summed E-state index contributed by atoms with van der Waals surface area (Å²) >= 11 is 0. The van der Waals surface area contributed by atoms with Crippen molar-refractivity contribution in [2.75, 3.05) is 0 Å². The van der Waals surface area contributed by atoms with Crippen molar-refractivity contribution < 1.29 is 76.5 Å². The van der Waals surface area contributed by atoms with Crippen LogP contribution in [-0.4, -0.2) is 19.0 Å². The Morgan fingerprint density at radius 2 is 0.658 bits per heavy atom. The fraction of sp³-hybridized carbons (Fsp3) is 0.500. The molecule has 0 aromatic rings. The van der Waals surface area contributed by atoms with Gasteiger partial charge >= 0.3 is 0 Å². The molecule has 4 rings (SSSR count). The van der Waals surface area contributed by atoms with Crippen LogP contribution < -0.4 is 24.8 Å². The Balaban J connectivity index is -0.0000000794. The van der Waals surface area contributed by atoms with E-state index in [1.807, 2.05) is 24.3 Å². The summed E-state index contributed by atoms with van der Waals surface area (Å²) in [6.45, 7) is 17.3. The summed E-state index contributed by atoms with van der Waals surface area (Å²) in [5.41, 5.74) is 5.37. The molecule has 6 heteroatoms. The molecule has 38 heavy (non-hydrogen) atoms. The Labute approximate surface area is 293 Å². The van der Waals surface area contributed by atoms with Crippen molar-refractivity contribution in [3.05, 3.63) is 95.2 Å². The predicted molar refractivity (Wildman–Crippen MR) is 161 cm³/mol. The molecular weight excluding hydrogens is 868 g/mol. The maximum atomic E-state index is 3.05. The van der Waals surface area contributed by atoms with E-state index >= 15 is 0 Å². The van der Waals surface area contributed by atoms with E-state index in [-0.39, 0.29) is 76.5 Å². The van der Waals surface area contributed by atoms with Crippen LogP contribution in [0.4, 0.5) is 0 Å². The first-order valence-corrected chi connectivity index (χ1v) is 16.2. The number of hydrogen-bond acceptors (Lipinski definition) is 0. The van der Waals surface area contributed by atoms with Crippen LogP contribution in [0.3, 0.4) is 0 Å². The minimum Gasteiger partial charge on any atom is -1.00 e. The van der Waals surface area contributed by atoms with Gasteiger partial charge in [-0.05, 0) is 0 Å². The van der Waals surface area contributed by atoms with E-state index in [2.05, 4.69) is 104 Å². The minimum atomic E-state index is 0. The summed E-state index contributed by atoms with van der Waals surface area (Å²) in [5, 5.41) is 0. The largest absolute Gasteiger partial charge is 1.00 e. The van der Waals surface area contributed by atoms with E-state index in [0.717, 1.165) is 44.7 Å². The molecule has 4 aliphatic rings. The van der Waals surface area contributed by atoms with Crippen LogP contribution in [0.2, 0.25) is 24.2 Å². The van der Waals surface area contributed by atoms with Gasteiger partial charge in [0.1, 0.15) is 0 Å². The second-order valence-corrected chi connectivity index (χ2v) is 12.6. The van der Waals surface area contributed by atoms with Gasteiger partial charge in [0.2, 0.25) is 0 Å². The third-order valence-corrected chi connectivity index (χ3v) is 6.95.